The van der Waals surface area contributed by atoms with Crippen molar-refractivity contribution in [1.82, 2.24) is 10.6 Å². The molecule has 0 atom stereocenters. The van der Waals surface area contributed by atoms with E-state index in [1.165, 1.54) is 0 Å². The summed E-state index contributed by atoms with van der Waals surface area (Å²) < 4.78 is 16.7. The van der Waals surface area contributed by atoms with Crippen molar-refractivity contribution in [3.8, 4) is 11.5 Å². The molecule has 178 valence electrons. The lowest BCUT2D eigenvalue weighted by atomic mass is 10.0. The van der Waals surface area contributed by atoms with E-state index in [1.807, 2.05) is 31.3 Å². The Morgan fingerprint density at radius 1 is 1.06 bits per heavy atom. The molecule has 2 N–H and O–H groups in total. The van der Waals surface area contributed by atoms with Gasteiger partial charge in [-0.2, -0.15) is 0 Å². The maximum absolute atomic E-state index is 5.90. The molecule has 1 saturated heterocycles. The van der Waals surface area contributed by atoms with Crippen molar-refractivity contribution in [1.29, 1.82) is 0 Å². The zero-order valence-corrected chi connectivity index (χ0v) is 21.8. The van der Waals surface area contributed by atoms with Gasteiger partial charge in [0.15, 0.2) is 5.96 Å². The van der Waals surface area contributed by atoms with Gasteiger partial charge in [-0.05, 0) is 25.0 Å². The smallest absolute Gasteiger partial charge is 0.191 e. The number of anilines is 1. The predicted octanol–water partition coefficient (Wildman–Crippen LogP) is 4.44. The fourth-order valence-electron chi connectivity index (χ4n) is 4.11. The molecule has 0 aliphatic carbocycles. The van der Waals surface area contributed by atoms with Gasteiger partial charge in [0.2, 0.25) is 0 Å². The number of piperidine rings is 1. The summed E-state index contributed by atoms with van der Waals surface area (Å²) in [5.74, 6) is 3.45. The van der Waals surface area contributed by atoms with E-state index in [4.69, 9.17) is 13.9 Å². The zero-order valence-electron chi connectivity index (χ0n) is 19.5. The fraction of sp³-hybridized carbons (Fsp3) is 0.400. The molecule has 1 fully saturated rings. The normalized spacial score (nSPS) is 14.6. The average Bonchev–Trinajstić information content (AvgIpc) is 3.26. The molecule has 33 heavy (non-hydrogen) atoms. The minimum absolute atomic E-state index is 0. The molecule has 4 rings (SSSR count). The number of rotatable bonds is 7. The van der Waals surface area contributed by atoms with Crippen LogP contribution >= 0.6 is 24.0 Å². The van der Waals surface area contributed by atoms with Crippen molar-refractivity contribution in [2.75, 3.05) is 45.8 Å². The number of halogens is 1. The predicted molar refractivity (Wildman–Crippen MR) is 145 cm³/mol. The second-order valence-corrected chi connectivity index (χ2v) is 7.98. The van der Waals surface area contributed by atoms with Gasteiger partial charge in [-0.25, -0.2) is 0 Å². The van der Waals surface area contributed by atoms with Gasteiger partial charge < -0.3 is 29.4 Å². The van der Waals surface area contributed by atoms with Crippen LogP contribution in [0.1, 0.15) is 18.6 Å². The third-order valence-corrected chi connectivity index (χ3v) is 5.90. The Morgan fingerprint density at radius 3 is 2.39 bits per heavy atom. The summed E-state index contributed by atoms with van der Waals surface area (Å²) >= 11 is 0. The number of hydrogen-bond donors (Lipinski definition) is 2. The van der Waals surface area contributed by atoms with Crippen molar-refractivity contribution < 1.29 is 13.9 Å². The first-order valence-electron chi connectivity index (χ1n) is 11.1. The van der Waals surface area contributed by atoms with Crippen molar-refractivity contribution in [2.24, 2.45) is 4.99 Å². The third-order valence-electron chi connectivity index (χ3n) is 5.90. The maximum atomic E-state index is 5.90. The molecular formula is C25H33IN4O3. The summed E-state index contributed by atoms with van der Waals surface area (Å²) in [6, 6.07) is 16.6. The third kappa shape index (κ3) is 6.46. The number of furan rings is 1. The minimum atomic E-state index is 0. The number of ether oxygens (including phenoxy) is 2. The molecular weight excluding hydrogens is 531 g/mol. The fourth-order valence-corrected chi connectivity index (χ4v) is 4.11. The molecule has 0 saturated carbocycles. The molecule has 3 aromatic rings. The number of guanidine groups is 1. The molecule has 8 heteroatoms. The number of hydrogen-bond acceptors (Lipinski definition) is 5. The van der Waals surface area contributed by atoms with Gasteiger partial charge >= 0.3 is 0 Å². The van der Waals surface area contributed by atoms with Crippen LogP contribution in [-0.2, 0) is 6.42 Å². The molecule has 1 aliphatic rings. The van der Waals surface area contributed by atoms with Crippen LogP contribution in [0.2, 0.25) is 0 Å². The molecule has 0 amide bonds. The monoisotopic (exact) mass is 564 g/mol. The highest BCUT2D eigenvalue weighted by molar-refractivity contribution is 14.0. The molecule has 0 radical (unpaired) electrons. The lowest BCUT2D eigenvalue weighted by molar-refractivity contribution is 0.393. The summed E-state index contributed by atoms with van der Waals surface area (Å²) in [5, 5.41) is 8.13. The van der Waals surface area contributed by atoms with Crippen molar-refractivity contribution >= 4 is 46.6 Å². The number of fused-ring (bicyclic) bond motifs is 1. The van der Waals surface area contributed by atoms with Crippen LogP contribution in [0.4, 0.5) is 5.69 Å². The van der Waals surface area contributed by atoms with Crippen LogP contribution in [0, 0.1) is 0 Å². The number of nitrogens with zero attached hydrogens (tertiary/aromatic N) is 2. The summed E-state index contributed by atoms with van der Waals surface area (Å²) in [6.45, 7) is 2.69. The zero-order chi connectivity index (χ0) is 22.3. The van der Waals surface area contributed by atoms with E-state index in [1.54, 1.807) is 14.2 Å². The van der Waals surface area contributed by atoms with E-state index in [2.05, 4.69) is 44.8 Å². The first-order chi connectivity index (χ1) is 15.7. The molecule has 0 unspecified atom stereocenters. The van der Waals surface area contributed by atoms with Crippen LogP contribution in [0.3, 0.4) is 0 Å². The van der Waals surface area contributed by atoms with E-state index in [0.717, 1.165) is 78.8 Å². The number of para-hydroxylation sites is 1. The van der Waals surface area contributed by atoms with Gasteiger partial charge in [-0.3, -0.25) is 4.99 Å². The van der Waals surface area contributed by atoms with Crippen LogP contribution in [0.15, 0.2) is 57.9 Å². The summed E-state index contributed by atoms with van der Waals surface area (Å²) in [5.41, 5.74) is 2.07. The van der Waals surface area contributed by atoms with Crippen LogP contribution in [0.25, 0.3) is 11.0 Å². The van der Waals surface area contributed by atoms with E-state index >= 15 is 0 Å². The van der Waals surface area contributed by atoms with Gasteiger partial charge in [0.1, 0.15) is 22.8 Å². The maximum Gasteiger partial charge on any atom is 0.191 e. The Hall–Kier alpha value is -2.62. The van der Waals surface area contributed by atoms with E-state index < -0.39 is 0 Å². The topological polar surface area (TPSA) is 71.3 Å². The lowest BCUT2D eigenvalue weighted by Crippen LogP contribution is -2.49. The average molecular weight is 564 g/mol. The van der Waals surface area contributed by atoms with Gasteiger partial charge in [-0.15, -0.1) is 24.0 Å². The van der Waals surface area contributed by atoms with E-state index in [0.29, 0.717) is 6.04 Å². The second kappa shape index (κ2) is 12.0. The molecule has 2 aromatic carbocycles. The van der Waals surface area contributed by atoms with Crippen LogP contribution in [-0.4, -0.2) is 52.9 Å². The highest BCUT2D eigenvalue weighted by Gasteiger charge is 2.21. The van der Waals surface area contributed by atoms with Crippen molar-refractivity contribution in [3.05, 3.63) is 54.3 Å². The van der Waals surface area contributed by atoms with E-state index in [-0.39, 0.29) is 24.0 Å². The number of benzene rings is 2. The molecule has 1 aliphatic heterocycles. The van der Waals surface area contributed by atoms with Gasteiger partial charge in [0.05, 0.1) is 14.2 Å². The first kappa shape index (κ1) is 25.0. The summed E-state index contributed by atoms with van der Waals surface area (Å²) in [7, 11) is 5.18. The number of aliphatic imine (C=N–C) groups is 1. The number of nitrogens with one attached hydrogen (secondary N) is 2. The molecule has 0 spiro atoms. The summed E-state index contributed by atoms with van der Waals surface area (Å²) in [4.78, 5) is 6.77. The van der Waals surface area contributed by atoms with E-state index in [9.17, 15) is 0 Å². The number of methoxy groups -OCH3 is 2. The van der Waals surface area contributed by atoms with Crippen LogP contribution < -0.4 is 25.0 Å². The van der Waals surface area contributed by atoms with Crippen molar-refractivity contribution in [2.45, 2.75) is 25.3 Å². The van der Waals surface area contributed by atoms with Crippen LogP contribution in [0.5, 0.6) is 11.5 Å². The Morgan fingerprint density at radius 2 is 1.76 bits per heavy atom. The highest BCUT2D eigenvalue weighted by Crippen LogP contribution is 2.30. The SMILES string of the molecule is CN=C(NCCc1cc2ccccc2o1)NC1CCN(c2cc(OC)cc(OC)c2)CC1.I. The highest BCUT2D eigenvalue weighted by atomic mass is 127. The quantitative estimate of drug-likeness (QED) is 0.251. The Kier molecular flexibility index (Phi) is 9.11. The van der Waals surface area contributed by atoms with Gasteiger partial charge in [0.25, 0.3) is 0 Å². The van der Waals surface area contributed by atoms with Gasteiger partial charge in [-0.1, -0.05) is 18.2 Å². The minimum Gasteiger partial charge on any atom is -0.497 e. The molecule has 2 heterocycles. The Labute approximate surface area is 212 Å². The molecule has 0 bridgehead atoms. The lowest BCUT2D eigenvalue weighted by Gasteiger charge is -2.34. The Bertz CT molecular complexity index is 1010. The standard InChI is InChI=1S/C25H32N4O3.HI/c1-26-25(27-11-8-21-14-18-6-4-5-7-24(18)32-21)28-19-9-12-29(13-10-19)20-15-22(30-2)17-23(16-20)31-3;/h4-7,14-17,19H,8-13H2,1-3H3,(H2,26,27,28);1H. The first-order valence-corrected chi connectivity index (χ1v) is 11.1. The summed E-state index contributed by atoms with van der Waals surface area (Å²) in [6.07, 6.45) is 2.87. The molecule has 1 aromatic heterocycles. The second-order valence-electron chi connectivity index (χ2n) is 7.98. The molecule has 7 nitrogen and oxygen atoms in total. The van der Waals surface area contributed by atoms with Crippen molar-refractivity contribution in [3.63, 3.8) is 0 Å². The Balaban J connectivity index is 0.00000306. The largest absolute Gasteiger partial charge is 0.497 e. The van der Waals surface area contributed by atoms with Gasteiger partial charge in [0, 0.05) is 68.4 Å².